The van der Waals surface area contributed by atoms with E-state index >= 15 is 0 Å². The van der Waals surface area contributed by atoms with Crippen molar-refractivity contribution in [3.05, 3.63) is 35.4 Å². The van der Waals surface area contributed by atoms with Crippen molar-refractivity contribution >= 4 is 17.2 Å². The fraction of sp³-hybridized carbons (Fsp3) is 0.500. The van der Waals surface area contributed by atoms with E-state index in [9.17, 15) is 0 Å². The zero-order valence-corrected chi connectivity index (χ0v) is 11.2. The largest absolute Gasteiger partial charge is 0.389 e. The van der Waals surface area contributed by atoms with Gasteiger partial charge in [0.05, 0.1) is 0 Å². The molecule has 1 aromatic rings. The van der Waals surface area contributed by atoms with Crippen LogP contribution in [0.5, 0.6) is 0 Å². The van der Waals surface area contributed by atoms with Crippen LogP contribution in [0.3, 0.4) is 0 Å². The zero-order chi connectivity index (χ0) is 12.3. The quantitative estimate of drug-likeness (QED) is 0.830. The number of thiocarbonyl (C=S) groups is 1. The Kier molecular flexibility index (Phi) is 4.13. The normalized spacial score (nSPS) is 20.6. The standard InChI is InChI=1S/C14H20N2S/c1-2-11-6-7-16(9-11)10-12-4-3-5-13(8-12)14(15)17/h3-5,8,11H,2,6-7,9-10H2,1H3,(H2,15,17). The van der Waals surface area contributed by atoms with E-state index in [1.54, 1.807) is 0 Å². The summed E-state index contributed by atoms with van der Waals surface area (Å²) in [6.45, 7) is 5.75. The van der Waals surface area contributed by atoms with Gasteiger partial charge in [-0.05, 0) is 30.5 Å². The topological polar surface area (TPSA) is 29.3 Å². The van der Waals surface area contributed by atoms with Gasteiger partial charge >= 0.3 is 0 Å². The van der Waals surface area contributed by atoms with Crippen LogP contribution in [0.4, 0.5) is 0 Å². The van der Waals surface area contributed by atoms with Crippen molar-refractivity contribution in [2.45, 2.75) is 26.3 Å². The molecular weight excluding hydrogens is 228 g/mol. The number of hydrogen-bond donors (Lipinski definition) is 1. The Morgan fingerprint density at radius 2 is 2.35 bits per heavy atom. The van der Waals surface area contributed by atoms with Gasteiger partial charge in [-0.25, -0.2) is 0 Å². The van der Waals surface area contributed by atoms with Gasteiger partial charge in [-0.1, -0.05) is 43.8 Å². The van der Waals surface area contributed by atoms with Gasteiger partial charge in [-0.3, -0.25) is 4.90 Å². The Labute approximate surface area is 109 Å². The molecule has 0 spiro atoms. The van der Waals surface area contributed by atoms with Crippen LogP contribution in [0.1, 0.15) is 30.9 Å². The molecule has 17 heavy (non-hydrogen) atoms. The van der Waals surface area contributed by atoms with E-state index in [0.29, 0.717) is 4.99 Å². The minimum absolute atomic E-state index is 0.486. The molecule has 1 saturated heterocycles. The second-order valence-electron chi connectivity index (χ2n) is 4.86. The predicted molar refractivity (Wildman–Crippen MR) is 76.0 cm³/mol. The van der Waals surface area contributed by atoms with Crippen molar-refractivity contribution in [3.63, 3.8) is 0 Å². The predicted octanol–water partition coefficient (Wildman–Crippen LogP) is 2.55. The molecule has 1 heterocycles. The molecule has 3 heteroatoms. The fourth-order valence-electron chi connectivity index (χ4n) is 2.47. The Morgan fingerprint density at radius 3 is 3.00 bits per heavy atom. The number of likely N-dealkylation sites (tertiary alicyclic amines) is 1. The summed E-state index contributed by atoms with van der Waals surface area (Å²) in [6.07, 6.45) is 2.63. The monoisotopic (exact) mass is 248 g/mol. The average Bonchev–Trinajstić information content (AvgIpc) is 2.77. The lowest BCUT2D eigenvalue weighted by atomic mass is 10.1. The van der Waals surface area contributed by atoms with E-state index in [-0.39, 0.29) is 0 Å². The van der Waals surface area contributed by atoms with Crippen LogP contribution < -0.4 is 5.73 Å². The van der Waals surface area contributed by atoms with Gasteiger partial charge in [0.25, 0.3) is 0 Å². The number of benzene rings is 1. The molecule has 0 radical (unpaired) electrons. The van der Waals surface area contributed by atoms with Crippen molar-refractivity contribution in [2.24, 2.45) is 11.7 Å². The Balaban J connectivity index is 1.99. The summed E-state index contributed by atoms with van der Waals surface area (Å²) in [5.74, 6) is 0.883. The zero-order valence-electron chi connectivity index (χ0n) is 10.4. The second-order valence-corrected chi connectivity index (χ2v) is 5.30. The lowest BCUT2D eigenvalue weighted by molar-refractivity contribution is 0.315. The van der Waals surface area contributed by atoms with Gasteiger partial charge in [0.2, 0.25) is 0 Å². The number of nitrogens with zero attached hydrogens (tertiary/aromatic N) is 1. The van der Waals surface area contributed by atoms with Crippen LogP contribution in [-0.2, 0) is 6.54 Å². The van der Waals surface area contributed by atoms with Crippen molar-refractivity contribution in [1.82, 2.24) is 4.90 Å². The summed E-state index contributed by atoms with van der Waals surface area (Å²) in [5, 5.41) is 0. The van der Waals surface area contributed by atoms with Gasteiger partial charge in [0, 0.05) is 18.7 Å². The van der Waals surface area contributed by atoms with E-state index in [2.05, 4.69) is 24.0 Å². The van der Waals surface area contributed by atoms with E-state index in [1.807, 2.05) is 12.1 Å². The summed E-state index contributed by atoms with van der Waals surface area (Å²) in [6, 6.07) is 8.28. The molecule has 0 bridgehead atoms. The Hall–Kier alpha value is -0.930. The number of hydrogen-bond acceptors (Lipinski definition) is 2. The van der Waals surface area contributed by atoms with Crippen LogP contribution in [0.25, 0.3) is 0 Å². The van der Waals surface area contributed by atoms with Gasteiger partial charge < -0.3 is 5.73 Å². The Bertz CT molecular complexity index is 403. The van der Waals surface area contributed by atoms with E-state index in [0.717, 1.165) is 18.0 Å². The number of nitrogens with two attached hydrogens (primary N) is 1. The van der Waals surface area contributed by atoms with E-state index < -0.39 is 0 Å². The molecule has 1 aliphatic rings. The molecule has 0 amide bonds. The summed E-state index contributed by atoms with van der Waals surface area (Å²) >= 11 is 5.01. The molecule has 0 saturated carbocycles. The highest BCUT2D eigenvalue weighted by Crippen LogP contribution is 2.21. The summed E-state index contributed by atoms with van der Waals surface area (Å²) in [7, 11) is 0. The molecule has 0 aromatic heterocycles. The molecule has 1 aliphatic heterocycles. The minimum Gasteiger partial charge on any atom is -0.389 e. The summed E-state index contributed by atoms with van der Waals surface area (Å²) in [4.78, 5) is 3.01. The SMILES string of the molecule is CCC1CCN(Cc2cccc(C(N)=S)c2)C1. The van der Waals surface area contributed by atoms with Gasteiger partial charge in [-0.2, -0.15) is 0 Å². The highest BCUT2D eigenvalue weighted by Gasteiger charge is 2.20. The second kappa shape index (κ2) is 5.61. The number of rotatable bonds is 4. The van der Waals surface area contributed by atoms with Crippen LogP contribution in [-0.4, -0.2) is 23.0 Å². The van der Waals surface area contributed by atoms with Crippen LogP contribution in [0, 0.1) is 5.92 Å². The van der Waals surface area contributed by atoms with E-state index in [1.165, 1.54) is 31.5 Å². The van der Waals surface area contributed by atoms with Crippen LogP contribution in [0.15, 0.2) is 24.3 Å². The van der Waals surface area contributed by atoms with Gasteiger partial charge in [0.15, 0.2) is 0 Å². The minimum atomic E-state index is 0.486. The molecule has 1 aromatic carbocycles. The van der Waals surface area contributed by atoms with Crippen LogP contribution in [0.2, 0.25) is 0 Å². The molecule has 1 unspecified atom stereocenters. The lowest BCUT2D eigenvalue weighted by Crippen LogP contribution is -2.20. The molecule has 0 aliphatic carbocycles. The van der Waals surface area contributed by atoms with Crippen molar-refractivity contribution in [2.75, 3.05) is 13.1 Å². The molecule has 2 rings (SSSR count). The first-order valence-corrected chi connectivity index (χ1v) is 6.71. The van der Waals surface area contributed by atoms with Crippen molar-refractivity contribution < 1.29 is 0 Å². The molecule has 1 atom stereocenters. The first-order chi connectivity index (χ1) is 8.19. The highest BCUT2D eigenvalue weighted by atomic mass is 32.1. The average molecular weight is 248 g/mol. The summed E-state index contributed by atoms with van der Waals surface area (Å²) in [5.41, 5.74) is 7.94. The van der Waals surface area contributed by atoms with Gasteiger partial charge in [0.1, 0.15) is 4.99 Å². The molecule has 2 nitrogen and oxygen atoms in total. The van der Waals surface area contributed by atoms with Crippen molar-refractivity contribution in [3.8, 4) is 0 Å². The molecule has 1 fully saturated rings. The van der Waals surface area contributed by atoms with Crippen molar-refractivity contribution in [1.29, 1.82) is 0 Å². The first kappa shape index (κ1) is 12.5. The van der Waals surface area contributed by atoms with Crippen LogP contribution >= 0.6 is 12.2 Å². The summed E-state index contributed by atoms with van der Waals surface area (Å²) < 4.78 is 0. The maximum absolute atomic E-state index is 5.65. The smallest absolute Gasteiger partial charge is 0.103 e. The van der Waals surface area contributed by atoms with E-state index in [4.69, 9.17) is 18.0 Å². The third-order valence-corrected chi connectivity index (χ3v) is 3.80. The Morgan fingerprint density at radius 1 is 1.53 bits per heavy atom. The lowest BCUT2D eigenvalue weighted by Gasteiger charge is -2.16. The molecule has 2 N–H and O–H groups in total. The molecule has 92 valence electrons. The maximum atomic E-state index is 5.65. The molecular formula is C14H20N2S. The highest BCUT2D eigenvalue weighted by molar-refractivity contribution is 7.80. The fourth-order valence-corrected chi connectivity index (χ4v) is 2.60. The third kappa shape index (κ3) is 3.27. The van der Waals surface area contributed by atoms with Gasteiger partial charge in [-0.15, -0.1) is 0 Å². The first-order valence-electron chi connectivity index (χ1n) is 6.30. The third-order valence-electron chi connectivity index (χ3n) is 3.57. The maximum Gasteiger partial charge on any atom is 0.103 e.